The third-order valence-corrected chi connectivity index (χ3v) is 5.96. The van der Waals surface area contributed by atoms with Gasteiger partial charge in [0.25, 0.3) is 5.91 Å². The van der Waals surface area contributed by atoms with Crippen LogP contribution in [0.3, 0.4) is 0 Å². The number of aliphatic hydroxyl groups is 1. The molecular formula is C26H30N2O4. The molecule has 1 N–H and O–H groups in total. The van der Waals surface area contributed by atoms with Crippen LogP contribution in [0.25, 0.3) is 0 Å². The Balaban J connectivity index is 1.68. The number of hydrogen-bond acceptors (Lipinski definition) is 5. The van der Waals surface area contributed by atoms with Crippen LogP contribution in [-0.4, -0.2) is 53.7 Å². The summed E-state index contributed by atoms with van der Waals surface area (Å²) < 4.78 is 12.0. The van der Waals surface area contributed by atoms with E-state index >= 15 is 0 Å². The Labute approximate surface area is 189 Å². The van der Waals surface area contributed by atoms with Crippen LogP contribution in [0.15, 0.2) is 72.2 Å². The number of ether oxygens (including phenoxy) is 2. The highest BCUT2D eigenvalue weighted by Gasteiger charge is 2.54. The minimum atomic E-state index is -1.07. The zero-order valence-corrected chi connectivity index (χ0v) is 18.3. The summed E-state index contributed by atoms with van der Waals surface area (Å²) >= 11 is 0. The number of aliphatic hydroxyl groups excluding tert-OH is 1. The second-order valence-corrected chi connectivity index (χ2v) is 8.19. The molecule has 1 saturated heterocycles. The maximum absolute atomic E-state index is 13.8. The molecule has 6 heteroatoms. The van der Waals surface area contributed by atoms with E-state index in [1.165, 1.54) is 0 Å². The summed E-state index contributed by atoms with van der Waals surface area (Å²) in [7, 11) is 0. The lowest BCUT2D eigenvalue weighted by molar-refractivity contribution is -0.138. The molecule has 6 nitrogen and oxygen atoms in total. The van der Waals surface area contributed by atoms with Gasteiger partial charge < -0.3 is 19.5 Å². The first-order chi connectivity index (χ1) is 15.7. The Kier molecular flexibility index (Phi) is 6.90. The van der Waals surface area contributed by atoms with E-state index in [2.05, 4.69) is 6.58 Å². The fraction of sp³-hybridized carbons (Fsp3) is 0.385. The largest absolute Gasteiger partial charge is 0.494 e. The molecule has 0 spiro atoms. The van der Waals surface area contributed by atoms with Gasteiger partial charge in [-0.05, 0) is 42.7 Å². The third kappa shape index (κ3) is 4.41. The van der Waals surface area contributed by atoms with Crippen molar-refractivity contribution in [2.75, 3.05) is 26.3 Å². The summed E-state index contributed by atoms with van der Waals surface area (Å²) in [6.07, 6.45) is 4.25. The zero-order valence-electron chi connectivity index (χ0n) is 18.3. The highest BCUT2D eigenvalue weighted by Crippen LogP contribution is 2.44. The number of hydrogen-bond donors (Lipinski definition) is 1. The van der Waals surface area contributed by atoms with Crippen molar-refractivity contribution in [3.63, 3.8) is 0 Å². The standard InChI is InChI=1S/C26H30N2O4/c1-2-15-26(25(30)28-16-6-7-17-28)23(20-9-4-3-5-10-20)32-24(27-26)21-11-13-22(14-12-21)31-19-8-18-29/h2-5,9-14,23,29H,1,6-8,15-19H2/t23-,26-/m1/s1. The Bertz CT molecular complexity index is 952. The molecule has 168 valence electrons. The topological polar surface area (TPSA) is 71.4 Å². The number of nitrogens with zero attached hydrogens (tertiary/aromatic N) is 2. The highest BCUT2D eigenvalue weighted by molar-refractivity contribution is 6.01. The number of carbonyl (C=O) groups excluding carboxylic acids is 1. The van der Waals surface area contributed by atoms with E-state index in [1.807, 2.05) is 59.5 Å². The molecule has 0 saturated carbocycles. The number of benzene rings is 2. The molecule has 2 aromatic rings. The van der Waals surface area contributed by atoms with Gasteiger partial charge in [0, 0.05) is 38.1 Å². The van der Waals surface area contributed by atoms with Gasteiger partial charge in [-0.25, -0.2) is 4.99 Å². The van der Waals surface area contributed by atoms with Crippen molar-refractivity contribution in [2.45, 2.75) is 37.3 Å². The summed E-state index contributed by atoms with van der Waals surface area (Å²) in [5.74, 6) is 1.17. The van der Waals surface area contributed by atoms with Gasteiger partial charge >= 0.3 is 0 Å². The highest BCUT2D eigenvalue weighted by atomic mass is 16.5. The van der Waals surface area contributed by atoms with Gasteiger partial charge in [-0.15, -0.1) is 6.58 Å². The van der Waals surface area contributed by atoms with Crippen molar-refractivity contribution < 1.29 is 19.4 Å². The first kappa shape index (κ1) is 22.1. The lowest BCUT2D eigenvalue weighted by atomic mass is 9.84. The van der Waals surface area contributed by atoms with E-state index < -0.39 is 11.6 Å². The van der Waals surface area contributed by atoms with Crippen LogP contribution in [0.5, 0.6) is 5.75 Å². The molecule has 2 aliphatic rings. The molecule has 0 radical (unpaired) electrons. The Morgan fingerprint density at radius 1 is 1.19 bits per heavy atom. The van der Waals surface area contributed by atoms with Crippen molar-refractivity contribution in [2.24, 2.45) is 4.99 Å². The molecule has 0 unspecified atom stereocenters. The number of amides is 1. The molecule has 0 bridgehead atoms. The molecule has 1 amide bonds. The van der Waals surface area contributed by atoms with Crippen LogP contribution < -0.4 is 4.74 Å². The average Bonchev–Trinajstić information content (AvgIpc) is 3.49. The Hall–Kier alpha value is -3.12. The molecule has 2 atom stereocenters. The van der Waals surface area contributed by atoms with Gasteiger partial charge in [0.2, 0.25) is 5.90 Å². The van der Waals surface area contributed by atoms with Crippen LogP contribution in [0.4, 0.5) is 0 Å². The molecule has 2 aliphatic heterocycles. The molecule has 0 aliphatic carbocycles. The van der Waals surface area contributed by atoms with Crippen LogP contribution in [-0.2, 0) is 9.53 Å². The first-order valence-corrected chi connectivity index (χ1v) is 11.2. The minimum Gasteiger partial charge on any atom is -0.494 e. The molecule has 2 heterocycles. The van der Waals surface area contributed by atoms with Gasteiger partial charge in [0.1, 0.15) is 5.75 Å². The second-order valence-electron chi connectivity index (χ2n) is 8.19. The van der Waals surface area contributed by atoms with Crippen molar-refractivity contribution in [3.05, 3.63) is 78.4 Å². The lowest BCUT2D eigenvalue weighted by Crippen LogP contribution is -2.49. The molecular weight excluding hydrogens is 404 g/mol. The van der Waals surface area contributed by atoms with Gasteiger partial charge in [-0.1, -0.05) is 36.4 Å². The van der Waals surface area contributed by atoms with E-state index in [-0.39, 0.29) is 12.5 Å². The van der Waals surface area contributed by atoms with Crippen LogP contribution in [0.1, 0.15) is 42.9 Å². The predicted octanol–water partition coefficient (Wildman–Crippen LogP) is 3.90. The molecule has 4 rings (SSSR count). The summed E-state index contributed by atoms with van der Waals surface area (Å²) in [6, 6.07) is 17.3. The van der Waals surface area contributed by atoms with E-state index in [0.717, 1.165) is 37.1 Å². The first-order valence-electron chi connectivity index (χ1n) is 11.2. The Morgan fingerprint density at radius 3 is 2.56 bits per heavy atom. The van der Waals surface area contributed by atoms with E-state index in [9.17, 15) is 4.79 Å². The number of rotatable bonds is 9. The zero-order chi connectivity index (χ0) is 22.4. The average molecular weight is 435 g/mol. The third-order valence-electron chi connectivity index (χ3n) is 5.96. The maximum atomic E-state index is 13.8. The van der Waals surface area contributed by atoms with Gasteiger partial charge in [0.15, 0.2) is 11.6 Å². The minimum absolute atomic E-state index is 0.00251. The fourth-order valence-corrected chi connectivity index (χ4v) is 4.34. The number of carbonyl (C=O) groups is 1. The lowest BCUT2D eigenvalue weighted by Gasteiger charge is -2.33. The van der Waals surface area contributed by atoms with Crippen molar-refractivity contribution >= 4 is 11.8 Å². The smallest absolute Gasteiger partial charge is 0.255 e. The van der Waals surface area contributed by atoms with Crippen LogP contribution in [0.2, 0.25) is 0 Å². The van der Waals surface area contributed by atoms with Crippen molar-refractivity contribution in [3.8, 4) is 5.75 Å². The molecule has 2 aromatic carbocycles. The van der Waals surface area contributed by atoms with Gasteiger partial charge in [0.05, 0.1) is 6.61 Å². The number of likely N-dealkylation sites (tertiary alicyclic amines) is 1. The summed E-state index contributed by atoms with van der Waals surface area (Å²) in [4.78, 5) is 20.6. The van der Waals surface area contributed by atoms with E-state index in [1.54, 1.807) is 6.08 Å². The monoisotopic (exact) mass is 434 g/mol. The molecule has 1 fully saturated rings. The van der Waals surface area contributed by atoms with Crippen molar-refractivity contribution in [1.29, 1.82) is 0 Å². The number of aliphatic imine (C=N–C) groups is 1. The second kappa shape index (κ2) is 10.0. The molecule has 0 aromatic heterocycles. The van der Waals surface area contributed by atoms with E-state index in [4.69, 9.17) is 19.6 Å². The predicted molar refractivity (Wildman–Crippen MR) is 124 cm³/mol. The SMILES string of the molecule is C=CC[C@@]1(C(=O)N2CCCC2)N=C(c2ccc(OCCCO)cc2)O[C@@H]1c1ccccc1. The maximum Gasteiger partial charge on any atom is 0.255 e. The van der Waals surface area contributed by atoms with Gasteiger partial charge in [-0.3, -0.25) is 4.79 Å². The van der Waals surface area contributed by atoms with E-state index in [0.29, 0.717) is 31.1 Å². The van der Waals surface area contributed by atoms with Gasteiger partial charge in [-0.2, -0.15) is 0 Å². The van der Waals surface area contributed by atoms with Crippen LogP contribution >= 0.6 is 0 Å². The Morgan fingerprint density at radius 2 is 1.91 bits per heavy atom. The quantitative estimate of drug-likeness (QED) is 0.480. The molecule has 32 heavy (non-hydrogen) atoms. The van der Waals surface area contributed by atoms with Crippen LogP contribution in [0, 0.1) is 0 Å². The summed E-state index contributed by atoms with van der Waals surface area (Å²) in [6.45, 7) is 5.98. The van der Waals surface area contributed by atoms with Crippen molar-refractivity contribution in [1.82, 2.24) is 4.90 Å². The summed E-state index contributed by atoms with van der Waals surface area (Å²) in [5, 5.41) is 8.92. The normalized spacial score (nSPS) is 22.3. The summed E-state index contributed by atoms with van der Waals surface area (Å²) in [5.41, 5.74) is 0.643. The fourth-order valence-electron chi connectivity index (χ4n) is 4.34.